The van der Waals surface area contributed by atoms with Gasteiger partial charge in [0.15, 0.2) is 0 Å². The summed E-state index contributed by atoms with van der Waals surface area (Å²) in [5.41, 5.74) is 6.03. The summed E-state index contributed by atoms with van der Waals surface area (Å²) in [6, 6.07) is 4.26. The van der Waals surface area contributed by atoms with Gasteiger partial charge in [0, 0.05) is 24.3 Å². The lowest BCUT2D eigenvalue weighted by molar-refractivity contribution is -0.383. The average molecular weight is 238 g/mol. The number of nitrogens with zero attached hydrogens (tertiary/aromatic N) is 1. The molecule has 1 aromatic rings. The van der Waals surface area contributed by atoms with E-state index in [0.29, 0.717) is 18.7 Å². The van der Waals surface area contributed by atoms with Gasteiger partial charge in [0.05, 0.1) is 4.92 Å². The highest BCUT2D eigenvalue weighted by Crippen LogP contribution is 2.24. The summed E-state index contributed by atoms with van der Waals surface area (Å²) in [4.78, 5) is 20.1. The van der Waals surface area contributed by atoms with E-state index in [2.05, 4.69) is 5.32 Å². The van der Waals surface area contributed by atoms with E-state index in [9.17, 15) is 20.0 Å². The molecule has 1 aromatic carbocycles. The Morgan fingerprint density at radius 2 is 2.18 bits per heavy atom. The first-order valence-electron chi connectivity index (χ1n) is 4.98. The first-order chi connectivity index (χ1) is 8.00. The average Bonchev–Trinajstić information content (AvgIpc) is 2.23. The van der Waals surface area contributed by atoms with Gasteiger partial charge >= 0.3 is 0 Å². The van der Waals surface area contributed by atoms with Crippen LogP contribution in [0.3, 0.4) is 0 Å². The maximum atomic E-state index is 10.5. The molecule has 92 valence electrons. The number of carboxylic acids is 1. The van der Waals surface area contributed by atoms with E-state index < -0.39 is 10.9 Å². The van der Waals surface area contributed by atoms with E-state index in [1.165, 1.54) is 18.2 Å². The quantitative estimate of drug-likeness (QED) is 0.314. The van der Waals surface area contributed by atoms with Crippen LogP contribution >= 0.6 is 0 Å². The fourth-order valence-corrected chi connectivity index (χ4v) is 1.30. The molecule has 7 heteroatoms. The highest BCUT2D eigenvalue weighted by Gasteiger charge is 2.10. The van der Waals surface area contributed by atoms with Crippen LogP contribution in [-0.4, -0.2) is 17.4 Å². The molecule has 0 saturated heterocycles. The number of benzene rings is 1. The third-order valence-corrected chi connectivity index (χ3v) is 2.11. The minimum Gasteiger partial charge on any atom is -0.550 e. The van der Waals surface area contributed by atoms with Crippen LogP contribution in [0.4, 0.5) is 17.1 Å². The molecule has 7 nitrogen and oxygen atoms in total. The zero-order valence-corrected chi connectivity index (χ0v) is 9.01. The largest absolute Gasteiger partial charge is 0.550 e. The molecule has 0 aliphatic rings. The number of rotatable bonds is 6. The Hall–Kier alpha value is -2.31. The minimum atomic E-state index is -1.10. The van der Waals surface area contributed by atoms with Crippen LogP contribution in [0.25, 0.3) is 0 Å². The predicted molar refractivity (Wildman–Crippen MR) is 60.2 cm³/mol. The molecule has 1 rings (SSSR count). The first kappa shape index (κ1) is 12.8. The van der Waals surface area contributed by atoms with Crippen molar-refractivity contribution in [2.45, 2.75) is 12.8 Å². The number of nitrogen functional groups attached to an aromatic ring is 1. The standard InChI is InChI=1S/C10H13N3O4/c11-8-6-7(3-4-9(8)13(16)17)12-5-1-2-10(14)15/h3-4,6,12H,1-2,5,11H2,(H,14,15)/p-1. The van der Waals surface area contributed by atoms with Gasteiger partial charge in [0.2, 0.25) is 0 Å². The number of nitro groups is 1. The summed E-state index contributed by atoms with van der Waals surface area (Å²) in [5, 5.41) is 23.6. The maximum Gasteiger partial charge on any atom is 0.292 e. The Morgan fingerprint density at radius 1 is 1.47 bits per heavy atom. The van der Waals surface area contributed by atoms with E-state index in [-0.39, 0.29) is 17.8 Å². The topological polar surface area (TPSA) is 121 Å². The molecule has 0 atom stereocenters. The van der Waals surface area contributed by atoms with E-state index >= 15 is 0 Å². The van der Waals surface area contributed by atoms with Crippen molar-refractivity contribution in [3.8, 4) is 0 Å². The number of carbonyl (C=O) groups excluding carboxylic acids is 1. The fraction of sp³-hybridized carbons (Fsp3) is 0.300. The van der Waals surface area contributed by atoms with Gasteiger partial charge in [-0.1, -0.05) is 0 Å². The van der Waals surface area contributed by atoms with Gasteiger partial charge in [-0.3, -0.25) is 10.1 Å². The molecular weight excluding hydrogens is 226 g/mol. The van der Waals surface area contributed by atoms with Crippen molar-refractivity contribution < 1.29 is 14.8 Å². The normalized spacial score (nSPS) is 9.88. The predicted octanol–water partition coefficient (Wildman–Crippen LogP) is 0.119. The third kappa shape index (κ3) is 3.98. The number of hydrogen-bond acceptors (Lipinski definition) is 6. The zero-order valence-electron chi connectivity index (χ0n) is 9.01. The molecule has 0 amide bonds. The Balaban J connectivity index is 2.53. The summed E-state index contributed by atoms with van der Waals surface area (Å²) in [5.74, 6) is -1.10. The fourth-order valence-electron chi connectivity index (χ4n) is 1.30. The SMILES string of the molecule is Nc1cc(NCCCC(=O)[O-])ccc1[N+](=O)[O-]. The second-order valence-corrected chi connectivity index (χ2v) is 3.43. The molecule has 0 aliphatic carbocycles. The van der Waals surface area contributed by atoms with Crippen molar-refractivity contribution in [1.82, 2.24) is 0 Å². The van der Waals surface area contributed by atoms with Gasteiger partial charge in [-0.15, -0.1) is 0 Å². The summed E-state index contributed by atoms with van der Waals surface area (Å²) < 4.78 is 0. The molecular formula is C10H12N3O4-. The highest BCUT2D eigenvalue weighted by molar-refractivity contribution is 5.66. The molecule has 0 heterocycles. The lowest BCUT2D eigenvalue weighted by Gasteiger charge is -2.07. The van der Waals surface area contributed by atoms with Crippen LogP contribution in [-0.2, 0) is 4.79 Å². The van der Waals surface area contributed by atoms with Gasteiger partial charge in [-0.2, -0.15) is 0 Å². The van der Waals surface area contributed by atoms with Crippen LogP contribution in [0.1, 0.15) is 12.8 Å². The number of nitrogens with two attached hydrogens (primary N) is 1. The molecule has 0 aliphatic heterocycles. The van der Waals surface area contributed by atoms with Gasteiger partial charge < -0.3 is 21.0 Å². The number of hydrogen-bond donors (Lipinski definition) is 2. The lowest BCUT2D eigenvalue weighted by atomic mass is 10.2. The highest BCUT2D eigenvalue weighted by atomic mass is 16.6. The number of carboxylic acid groups (broad SMARTS) is 1. The smallest absolute Gasteiger partial charge is 0.292 e. The van der Waals surface area contributed by atoms with Crippen molar-refractivity contribution in [1.29, 1.82) is 0 Å². The van der Waals surface area contributed by atoms with Gasteiger partial charge in [0.25, 0.3) is 5.69 Å². The van der Waals surface area contributed by atoms with Crippen molar-refractivity contribution in [3.05, 3.63) is 28.3 Å². The van der Waals surface area contributed by atoms with E-state index in [1.807, 2.05) is 0 Å². The third-order valence-electron chi connectivity index (χ3n) is 2.11. The van der Waals surface area contributed by atoms with Gasteiger partial charge in [-0.25, -0.2) is 0 Å². The van der Waals surface area contributed by atoms with Gasteiger partial charge in [0.1, 0.15) is 5.69 Å². The second-order valence-electron chi connectivity index (χ2n) is 3.43. The van der Waals surface area contributed by atoms with Crippen LogP contribution in [0.15, 0.2) is 18.2 Å². The second kappa shape index (κ2) is 5.69. The van der Waals surface area contributed by atoms with E-state index in [1.54, 1.807) is 0 Å². The van der Waals surface area contributed by atoms with Gasteiger partial charge in [-0.05, 0) is 25.0 Å². The summed E-state index contributed by atoms with van der Waals surface area (Å²) in [7, 11) is 0. The van der Waals surface area contributed by atoms with Crippen LogP contribution in [0.2, 0.25) is 0 Å². The molecule has 0 spiro atoms. The molecule has 0 aromatic heterocycles. The van der Waals surface area contributed by atoms with Crippen molar-refractivity contribution in [2.24, 2.45) is 0 Å². The number of nitrogens with one attached hydrogen (secondary N) is 1. The zero-order chi connectivity index (χ0) is 12.8. The van der Waals surface area contributed by atoms with E-state index in [0.717, 1.165) is 0 Å². The molecule has 0 saturated carbocycles. The number of anilines is 2. The van der Waals surface area contributed by atoms with Crippen molar-refractivity contribution in [2.75, 3.05) is 17.6 Å². The Kier molecular flexibility index (Phi) is 4.27. The molecule has 0 bridgehead atoms. The molecule has 0 unspecified atom stereocenters. The Morgan fingerprint density at radius 3 is 2.71 bits per heavy atom. The van der Waals surface area contributed by atoms with Crippen LogP contribution in [0, 0.1) is 10.1 Å². The molecule has 3 N–H and O–H groups in total. The number of carbonyl (C=O) groups is 1. The van der Waals surface area contributed by atoms with Crippen LogP contribution < -0.4 is 16.2 Å². The maximum absolute atomic E-state index is 10.5. The summed E-state index contributed by atoms with van der Waals surface area (Å²) >= 11 is 0. The van der Waals surface area contributed by atoms with Crippen LogP contribution in [0.5, 0.6) is 0 Å². The van der Waals surface area contributed by atoms with E-state index in [4.69, 9.17) is 5.73 Å². The molecule has 0 fully saturated rings. The Bertz CT molecular complexity index is 434. The monoisotopic (exact) mass is 238 g/mol. The summed E-state index contributed by atoms with van der Waals surface area (Å²) in [6.07, 6.45) is 0.384. The van der Waals surface area contributed by atoms with Crippen molar-refractivity contribution >= 4 is 23.0 Å². The first-order valence-corrected chi connectivity index (χ1v) is 4.98. The Labute approximate surface area is 97.4 Å². The summed E-state index contributed by atoms with van der Waals surface area (Å²) in [6.45, 7) is 0.436. The number of aliphatic carboxylic acids is 1. The van der Waals surface area contributed by atoms with Crippen molar-refractivity contribution in [3.63, 3.8) is 0 Å². The lowest BCUT2D eigenvalue weighted by Crippen LogP contribution is -2.22. The number of nitro benzene ring substituents is 1. The molecule has 0 radical (unpaired) electrons. The molecule has 17 heavy (non-hydrogen) atoms. The minimum absolute atomic E-state index is 0.0323.